The quantitative estimate of drug-likeness (QED) is 0.704. The van der Waals surface area contributed by atoms with E-state index in [1.165, 1.54) is 27.7 Å². The maximum Gasteiger partial charge on any atom is 0.236 e. The molecule has 5 heteroatoms. The first-order valence-corrected chi connectivity index (χ1v) is 11.5. The van der Waals surface area contributed by atoms with Crippen LogP contribution in [0.5, 0.6) is 0 Å². The Kier molecular flexibility index (Phi) is 5.79. The highest BCUT2D eigenvalue weighted by molar-refractivity contribution is 5.91. The largest absolute Gasteiger partial charge is 0.354 e. The maximum atomic E-state index is 12.8. The molecule has 0 saturated carbocycles. The number of aromatic amines is 1. The van der Waals surface area contributed by atoms with Crippen molar-refractivity contribution in [2.75, 3.05) is 52.9 Å². The number of piperidine rings is 1. The Labute approximate surface area is 184 Å². The normalized spacial score (nSPS) is 19.2. The summed E-state index contributed by atoms with van der Waals surface area (Å²) in [4.78, 5) is 23.1. The van der Waals surface area contributed by atoms with Gasteiger partial charge in [-0.25, -0.2) is 0 Å². The molecule has 0 bridgehead atoms. The zero-order chi connectivity index (χ0) is 21.2. The number of carbonyl (C=O) groups excluding carboxylic acids is 1. The lowest BCUT2D eigenvalue weighted by atomic mass is 9.86. The van der Waals surface area contributed by atoms with Crippen LogP contribution < -0.4 is 0 Å². The van der Waals surface area contributed by atoms with Gasteiger partial charge in [-0.15, -0.1) is 0 Å². The number of likely N-dealkylation sites (N-methyl/N-ethyl adjacent to an activating group) is 1. The van der Waals surface area contributed by atoms with Crippen molar-refractivity contribution in [3.8, 4) is 11.3 Å². The predicted octanol–water partition coefficient (Wildman–Crippen LogP) is 3.79. The van der Waals surface area contributed by atoms with Gasteiger partial charge < -0.3 is 14.8 Å². The number of likely N-dealkylation sites (tertiary alicyclic amines) is 1. The molecule has 31 heavy (non-hydrogen) atoms. The average molecular weight is 417 g/mol. The van der Waals surface area contributed by atoms with E-state index in [1.54, 1.807) is 0 Å². The maximum absolute atomic E-state index is 12.8. The highest BCUT2D eigenvalue weighted by Gasteiger charge is 2.28. The van der Waals surface area contributed by atoms with Gasteiger partial charge in [-0.2, -0.15) is 0 Å². The minimum Gasteiger partial charge on any atom is -0.354 e. The van der Waals surface area contributed by atoms with Crippen molar-refractivity contribution >= 4 is 16.8 Å². The van der Waals surface area contributed by atoms with E-state index in [-0.39, 0.29) is 0 Å². The molecule has 5 nitrogen and oxygen atoms in total. The zero-order valence-corrected chi connectivity index (χ0v) is 18.4. The summed E-state index contributed by atoms with van der Waals surface area (Å²) in [5, 5.41) is 1.34. The van der Waals surface area contributed by atoms with Crippen LogP contribution in [-0.4, -0.2) is 78.5 Å². The van der Waals surface area contributed by atoms with Gasteiger partial charge in [0.25, 0.3) is 0 Å². The number of para-hydroxylation sites is 1. The van der Waals surface area contributed by atoms with E-state index in [0.717, 1.165) is 52.1 Å². The molecule has 3 heterocycles. The van der Waals surface area contributed by atoms with Gasteiger partial charge in [-0.3, -0.25) is 9.69 Å². The minimum absolute atomic E-state index is 0.295. The minimum atomic E-state index is 0.295. The average Bonchev–Trinajstić information content (AvgIpc) is 3.20. The Morgan fingerprint density at radius 2 is 1.58 bits per heavy atom. The smallest absolute Gasteiger partial charge is 0.236 e. The summed E-state index contributed by atoms with van der Waals surface area (Å²) < 4.78 is 0. The summed E-state index contributed by atoms with van der Waals surface area (Å²) in [5.41, 5.74) is 5.17. The van der Waals surface area contributed by atoms with Crippen LogP contribution in [0.2, 0.25) is 0 Å². The molecule has 0 radical (unpaired) electrons. The summed E-state index contributed by atoms with van der Waals surface area (Å²) in [7, 11) is 2.13. The van der Waals surface area contributed by atoms with Crippen LogP contribution in [0.1, 0.15) is 24.3 Å². The summed E-state index contributed by atoms with van der Waals surface area (Å²) in [6.07, 6.45) is 2.19. The molecule has 1 amide bonds. The summed E-state index contributed by atoms with van der Waals surface area (Å²) >= 11 is 0. The molecular weight excluding hydrogens is 384 g/mol. The Balaban J connectivity index is 1.30. The Morgan fingerprint density at radius 1 is 0.903 bits per heavy atom. The van der Waals surface area contributed by atoms with Crippen molar-refractivity contribution < 1.29 is 4.79 Å². The molecular formula is C26H32N4O. The highest BCUT2D eigenvalue weighted by atomic mass is 16.2. The molecule has 162 valence electrons. The fourth-order valence-electron chi connectivity index (χ4n) is 5.15. The van der Waals surface area contributed by atoms with Gasteiger partial charge in [0.05, 0.1) is 6.54 Å². The molecule has 5 rings (SSSR count). The number of carbonyl (C=O) groups is 1. The fraction of sp³-hybridized carbons (Fsp3) is 0.423. The Morgan fingerprint density at radius 3 is 2.32 bits per heavy atom. The van der Waals surface area contributed by atoms with E-state index >= 15 is 0 Å². The topological polar surface area (TPSA) is 42.6 Å². The van der Waals surface area contributed by atoms with Gasteiger partial charge in [-0.05, 0) is 56.1 Å². The van der Waals surface area contributed by atoms with E-state index in [4.69, 9.17) is 0 Å². The lowest BCUT2D eigenvalue weighted by Crippen LogP contribution is -2.50. The van der Waals surface area contributed by atoms with Crippen molar-refractivity contribution in [1.82, 2.24) is 19.7 Å². The van der Waals surface area contributed by atoms with Crippen molar-refractivity contribution in [1.29, 1.82) is 0 Å². The van der Waals surface area contributed by atoms with Gasteiger partial charge >= 0.3 is 0 Å². The molecule has 1 N–H and O–H groups in total. The first-order chi connectivity index (χ1) is 15.2. The first kappa shape index (κ1) is 20.3. The molecule has 2 fully saturated rings. The van der Waals surface area contributed by atoms with Crippen LogP contribution in [0.3, 0.4) is 0 Å². The third kappa shape index (κ3) is 4.25. The molecule has 0 aliphatic carbocycles. The lowest BCUT2D eigenvalue weighted by molar-refractivity contribution is -0.134. The van der Waals surface area contributed by atoms with E-state index in [1.807, 2.05) is 4.90 Å². The molecule has 2 aliphatic heterocycles. The predicted molar refractivity (Wildman–Crippen MR) is 126 cm³/mol. The Hall–Kier alpha value is -2.63. The molecule has 0 spiro atoms. The number of benzene rings is 2. The number of rotatable bonds is 4. The molecule has 2 saturated heterocycles. The molecule has 3 aromatic rings. The van der Waals surface area contributed by atoms with E-state index in [0.29, 0.717) is 18.4 Å². The second kappa shape index (κ2) is 8.85. The second-order valence-corrected chi connectivity index (χ2v) is 9.06. The van der Waals surface area contributed by atoms with Crippen LogP contribution in [0, 0.1) is 0 Å². The van der Waals surface area contributed by atoms with Crippen molar-refractivity contribution in [3.63, 3.8) is 0 Å². The number of nitrogens with zero attached hydrogens (tertiary/aromatic N) is 3. The molecule has 2 aliphatic rings. The Bertz CT molecular complexity index is 1030. The standard InChI is InChI=1S/C26H32N4O/c1-28-15-17-30(18-16-28)24(31)19-29-13-11-20(12-14-29)25-22-9-5-6-10-23(22)27-26(25)21-7-3-2-4-8-21/h2-10,20,27H,11-19H2,1H3. The van der Waals surface area contributed by atoms with Crippen LogP contribution >= 0.6 is 0 Å². The van der Waals surface area contributed by atoms with E-state index < -0.39 is 0 Å². The molecule has 2 aromatic carbocycles. The van der Waals surface area contributed by atoms with Crippen molar-refractivity contribution in [2.24, 2.45) is 0 Å². The SMILES string of the molecule is CN1CCN(C(=O)CN2CCC(c3c(-c4ccccc4)[nH]c4ccccc34)CC2)CC1. The number of hydrogen-bond acceptors (Lipinski definition) is 3. The summed E-state index contributed by atoms with van der Waals surface area (Å²) in [6.45, 7) is 6.22. The van der Waals surface area contributed by atoms with Crippen LogP contribution in [0.4, 0.5) is 0 Å². The number of hydrogen-bond donors (Lipinski definition) is 1. The van der Waals surface area contributed by atoms with Crippen molar-refractivity contribution in [2.45, 2.75) is 18.8 Å². The number of H-pyrrole nitrogens is 1. The third-order valence-corrected chi connectivity index (χ3v) is 7.02. The summed E-state index contributed by atoms with van der Waals surface area (Å²) in [5.74, 6) is 0.810. The fourth-order valence-corrected chi connectivity index (χ4v) is 5.15. The zero-order valence-electron chi connectivity index (χ0n) is 18.4. The monoisotopic (exact) mass is 416 g/mol. The van der Waals surface area contributed by atoms with Crippen molar-refractivity contribution in [3.05, 3.63) is 60.2 Å². The number of aromatic nitrogens is 1. The lowest BCUT2D eigenvalue weighted by Gasteiger charge is -2.36. The van der Waals surface area contributed by atoms with Gasteiger partial charge in [0.1, 0.15) is 0 Å². The number of amides is 1. The van der Waals surface area contributed by atoms with Gasteiger partial charge in [0, 0.05) is 42.8 Å². The third-order valence-electron chi connectivity index (χ3n) is 7.02. The van der Waals surface area contributed by atoms with E-state index in [2.05, 4.69) is 76.4 Å². The van der Waals surface area contributed by atoms with Crippen LogP contribution in [0.25, 0.3) is 22.2 Å². The van der Waals surface area contributed by atoms with Gasteiger partial charge in [0.2, 0.25) is 5.91 Å². The number of piperazine rings is 1. The van der Waals surface area contributed by atoms with Gasteiger partial charge in [-0.1, -0.05) is 48.5 Å². The molecule has 0 unspecified atom stereocenters. The molecule has 1 aromatic heterocycles. The molecule has 0 atom stereocenters. The summed E-state index contributed by atoms with van der Waals surface area (Å²) in [6, 6.07) is 19.3. The van der Waals surface area contributed by atoms with Gasteiger partial charge in [0.15, 0.2) is 0 Å². The van der Waals surface area contributed by atoms with Crippen LogP contribution in [-0.2, 0) is 4.79 Å². The highest BCUT2D eigenvalue weighted by Crippen LogP contribution is 2.40. The second-order valence-electron chi connectivity index (χ2n) is 9.06. The number of nitrogens with one attached hydrogen (secondary N) is 1. The number of fused-ring (bicyclic) bond motifs is 1. The van der Waals surface area contributed by atoms with E-state index in [9.17, 15) is 4.79 Å². The van der Waals surface area contributed by atoms with Crippen LogP contribution in [0.15, 0.2) is 54.6 Å². The first-order valence-electron chi connectivity index (χ1n) is 11.5.